The topological polar surface area (TPSA) is 55.6 Å². The molecule has 1 heterocycles. The number of likely N-dealkylation sites (N-methyl/N-ethyl adjacent to an activating group) is 1. The van der Waals surface area contributed by atoms with Crippen LogP contribution in [-0.2, 0) is 11.3 Å². The highest BCUT2D eigenvalue weighted by molar-refractivity contribution is 5.97. The minimum Gasteiger partial charge on any atom is -0.482 e. The second kappa shape index (κ2) is 3.90. The van der Waals surface area contributed by atoms with Gasteiger partial charge in [0.25, 0.3) is 5.91 Å². The SMILES string of the molecule is CCN1C(=O)COc2cc(CN)ccc21. The molecule has 0 unspecified atom stereocenters. The van der Waals surface area contributed by atoms with Crippen molar-refractivity contribution in [2.75, 3.05) is 18.1 Å². The van der Waals surface area contributed by atoms with Crippen LogP contribution in [-0.4, -0.2) is 19.1 Å². The van der Waals surface area contributed by atoms with Crippen LogP contribution in [0.25, 0.3) is 0 Å². The Morgan fingerprint density at radius 1 is 1.53 bits per heavy atom. The molecule has 1 aliphatic heterocycles. The van der Waals surface area contributed by atoms with E-state index < -0.39 is 0 Å². The van der Waals surface area contributed by atoms with Gasteiger partial charge in [-0.1, -0.05) is 6.07 Å². The first-order valence-electron chi connectivity index (χ1n) is 5.02. The Labute approximate surface area is 88.6 Å². The third-order valence-corrected chi connectivity index (χ3v) is 2.52. The zero-order valence-corrected chi connectivity index (χ0v) is 8.69. The van der Waals surface area contributed by atoms with Crippen LogP contribution in [0.5, 0.6) is 5.75 Å². The van der Waals surface area contributed by atoms with E-state index in [1.54, 1.807) is 4.90 Å². The fourth-order valence-electron chi connectivity index (χ4n) is 1.72. The number of benzene rings is 1. The van der Waals surface area contributed by atoms with E-state index in [4.69, 9.17) is 10.5 Å². The smallest absolute Gasteiger partial charge is 0.265 e. The van der Waals surface area contributed by atoms with Gasteiger partial charge in [-0.05, 0) is 24.6 Å². The quantitative estimate of drug-likeness (QED) is 0.781. The van der Waals surface area contributed by atoms with Crippen LogP contribution in [0.3, 0.4) is 0 Å². The Kier molecular flexibility index (Phi) is 2.60. The van der Waals surface area contributed by atoms with Gasteiger partial charge in [0, 0.05) is 13.1 Å². The summed E-state index contributed by atoms with van der Waals surface area (Å²) in [5.74, 6) is 0.755. The number of fused-ring (bicyclic) bond motifs is 1. The van der Waals surface area contributed by atoms with Gasteiger partial charge in [-0.25, -0.2) is 0 Å². The van der Waals surface area contributed by atoms with Gasteiger partial charge < -0.3 is 15.4 Å². The highest BCUT2D eigenvalue weighted by atomic mass is 16.5. The van der Waals surface area contributed by atoms with E-state index >= 15 is 0 Å². The van der Waals surface area contributed by atoms with Gasteiger partial charge in [0.1, 0.15) is 5.75 Å². The number of hydrogen-bond donors (Lipinski definition) is 1. The molecule has 0 saturated carbocycles. The second-order valence-electron chi connectivity index (χ2n) is 3.43. The molecule has 2 rings (SSSR count). The Hall–Kier alpha value is -1.55. The Morgan fingerprint density at radius 3 is 3.00 bits per heavy atom. The molecule has 1 aliphatic rings. The summed E-state index contributed by atoms with van der Waals surface area (Å²) in [7, 11) is 0. The summed E-state index contributed by atoms with van der Waals surface area (Å²) in [6, 6.07) is 5.70. The van der Waals surface area contributed by atoms with Crippen LogP contribution in [0.2, 0.25) is 0 Å². The third-order valence-electron chi connectivity index (χ3n) is 2.52. The molecule has 0 fully saturated rings. The lowest BCUT2D eigenvalue weighted by Gasteiger charge is -2.28. The van der Waals surface area contributed by atoms with Crippen molar-refractivity contribution in [3.8, 4) is 5.75 Å². The summed E-state index contributed by atoms with van der Waals surface area (Å²) in [5, 5.41) is 0. The maximum atomic E-state index is 11.5. The van der Waals surface area contributed by atoms with E-state index in [1.165, 1.54) is 0 Å². The van der Waals surface area contributed by atoms with E-state index in [-0.39, 0.29) is 12.5 Å². The first-order valence-corrected chi connectivity index (χ1v) is 5.02. The predicted molar refractivity (Wildman–Crippen MR) is 57.9 cm³/mol. The van der Waals surface area contributed by atoms with Gasteiger partial charge in [0.2, 0.25) is 0 Å². The van der Waals surface area contributed by atoms with Crippen molar-refractivity contribution < 1.29 is 9.53 Å². The first kappa shape index (κ1) is 9.98. The van der Waals surface area contributed by atoms with Crippen LogP contribution >= 0.6 is 0 Å². The first-order chi connectivity index (χ1) is 7.26. The molecule has 0 aliphatic carbocycles. The summed E-state index contributed by atoms with van der Waals surface area (Å²) in [4.78, 5) is 13.2. The van der Waals surface area contributed by atoms with E-state index in [9.17, 15) is 4.79 Å². The lowest BCUT2D eigenvalue weighted by Crippen LogP contribution is -2.38. The number of nitrogens with two attached hydrogens (primary N) is 1. The molecule has 0 saturated heterocycles. The Morgan fingerprint density at radius 2 is 2.33 bits per heavy atom. The molecule has 4 nitrogen and oxygen atoms in total. The van der Waals surface area contributed by atoms with Crippen molar-refractivity contribution in [3.05, 3.63) is 23.8 Å². The molecule has 0 atom stereocenters. The zero-order valence-electron chi connectivity index (χ0n) is 8.69. The number of hydrogen-bond acceptors (Lipinski definition) is 3. The minimum absolute atomic E-state index is 0.00509. The number of nitrogens with zero attached hydrogens (tertiary/aromatic N) is 1. The van der Waals surface area contributed by atoms with Crippen LogP contribution in [0.4, 0.5) is 5.69 Å². The molecule has 0 spiro atoms. The predicted octanol–water partition coefficient (Wildman–Crippen LogP) is 0.891. The summed E-state index contributed by atoms with van der Waals surface area (Å²) in [6.07, 6.45) is 0. The molecule has 1 aromatic carbocycles. The second-order valence-corrected chi connectivity index (χ2v) is 3.43. The van der Waals surface area contributed by atoms with Gasteiger partial charge in [0.15, 0.2) is 6.61 Å². The van der Waals surface area contributed by atoms with Crippen molar-refractivity contribution >= 4 is 11.6 Å². The van der Waals surface area contributed by atoms with Gasteiger partial charge >= 0.3 is 0 Å². The molecular weight excluding hydrogens is 192 g/mol. The van der Waals surface area contributed by atoms with Crippen LogP contribution in [0.15, 0.2) is 18.2 Å². The number of anilines is 1. The number of carbonyl (C=O) groups excluding carboxylic acids is 1. The average Bonchev–Trinajstić information content (AvgIpc) is 2.28. The molecule has 2 N–H and O–H groups in total. The summed E-state index contributed by atoms with van der Waals surface area (Å²) >= 11 is 0. The van der Waals surface area contributed by atoms with Gasteiger partial charge in [-0.15, -0.1) is 0 Å². The van der Waals surface area contributed by atoms with E-state index in [1.807, 2.05) is 25.1 Å². The minimum atomic E-state index is 0.00509. The molecule has 15 heavy (non-hydrogen) atoms. The highest BCUT2D eigenvalue weighted by Crippen LogP contribution is 2.32. The van der Waals surface area contributed by atoms with Crippen molar-refractivity contribution in [2.24, 2.45) is 5.73 Å². The monoisotopic (exact) mass is 206 g/mol. The molecule has 0 aromatic heterocycles. The third kappa shape index (κ3) is 1.68. The fourth-order valence-corrected chi connectivity index (χ4v) is 1.72. The standard InChI is InChI=1S/C11H14N2O2/c1-2-13-9-4-3-8(6-12)5-10(9)15-7-11(13)14/h3-5H,2,6-7,12H2,1H3. The maximum Gasteiger partial charge on any atom is 0.265 e. The number of rotatable bonds is 2. The lowest BCUT2D eigenvalue weighted by atomic mass is 10.1. The van der Waals surface area contributed by atoms with Gasteiger partial charge in [-0.2, -0.15) is 0 Å². The Balaban J connectivity index is 2.42. The normalized spacial score (nSPS) is 14.8. The molecule has 0 radical (unpaired) electrons. The molecule has 80 valence electrons. The summed E-state index contributed by atoms with van der Waals surface area (Å²) in [5.41, 5.74) is 7.39. The molecule has 0 bridgehead atoms. The van der Waals surface area contributed by atoms with Crippen molar-refractivity contribution in [1.29, 1.82) is 0 Å². The van der Waals surface area contributed by atoms with Crippen molar-refractivity contribution in [3.63, 3.8) is 0 Å². The Bertz CT molecular complexity index is 390. The maximum absolute atomic E-state index is 11.5. The average molecular weight is 206 g/mol. The van der Waals surface area contributed by atoms with E-state index in [0.717, 1.165) is 17.0 Å². The lowest BCUT2D eigenvalue weighted by molar-refractivity contribution is -0.121. The van der Waals surface area contributed by atoms with Crippen LogP contribution < -0.4 is 15.4 Å². The van der Waals surface area contributed by atoms with E-state index in [2.05, 4.69) is 0 Å². The van der Waals surface area contributed by atoms with Gasteiger partial charge in [0.05, 0.1) is 5.69 Å². The summed E-state index contributed by atoms with van der Waals surface area (Å²) < 4.78 is 5.36. The molecule has 1 amide bonds. The van der Waals surface area contributed by atoms with E-state index in [0.29, 0.717) is 13.1 Å². The number of amides is 1. The largest absolute Gasteiger partial charge is 0.482 e. The molecular formula is C11H14N2O2. The van der Waals surface area contributed by atoms with Gasteiger partial charge in [-0.3, -0.25) is 4.79 Å². The van der Waals surface area contributed by atoms with Crippen LogP contribution in [0, 0.1) is 0 Å². The molecule has 4 heteroatoms. The number of carbonyl (C=O) groups is 1. The number of ether oxygens (including phenoxy) is 1. The fraction of sp³-hybridized carbons (Fsp3) is 0.364. The van der Waals surface area contributed by atoms with Crippen molar-refractivity contribution in [1.82, 2.24) is 0 Å². The van der Waals surface area contributed by atoms with Crippen molar-refractivity contribution in [2.45, 2.75) is 13.5 Å². The molecule has 1 aromatic rings. The highest BCUT2D eigenvalue weighted by Gasteiger charge is 2.23. The van der Waals surface area contributed by atoms with Crippen LogP contribution in [0.1, 0.15) is 12.5 Å². The zero-order chi connectivity index (χ0) is 10.8. The summed E-state index contributed by atoms with van der Waals surface area (Å²) in [6.45, 7) is 3.21.